The fourth-order valence-electron chi connectivity index (χ4n) is 5.60. The number of carboxylic acid groups (broad SMARTS) is 1. The topological polar surface area (TPSA) is 108 Å². The molecule has 336 valence electrons. The van der Waals surface area contributed by atoms with E-state index >= 15 is 0 Å². The van der Waals surface area contributed by atoms with Crippen molar-refractivity contribution in [3.63, 3.8) is 0 Å². The SMILES string of the molecule is CC/C=C\C/C=C\C/C=C\C/C=C\C/C=C\CCCCCCCC(=O)OC(COC(=O)CCCCCCC/C=C\C/C=C\CCC)COC(OCC[N+](C)(C)C)C(=O)O. The van der Waals surface area contributed by atoms with E-state index in [-0.39, 0.29) is 38.6 Å². The van der Waals surface area contributed by atoms with Crippen molar-refractivity contribution >= 4 is 17.9 Å². The molecule has 0 saturated heterocycles. The molecular formula is C50H84NO8+. The zero-order valence-electron chi connectivity index (χ0n) is 37.9. The van der Waals surface area contributed by atoms with Crippen molar-refractivity contribution in [3.05, 3.63) is 85.1 Å². The Balaban J connectivity index is 4.49. The summed E-state index contributed by atoms with van der Waals surface area (Å²) in [6.45, 7) is 4.62. The minimum Gasteiger partial charge on any atom is -0.477 e. The van der Waals surface area contributed by atoms with Crippen LogP contribution in [0.1, 0.15) is 155 Å². The fraction of sp³-hybridized carbons (Fsp3) is 0.660. The predicted octanol–water partition coefficient (Wildman–Crippen LogP) is 12.1. The molecule has 0 spiro atoms. The van der Waals surface area contributed by atoms with Crippen LogP contribution >= 0.6 is 0 Å². The van der Waals surface area contributed by atoms with Crippen LogP contribution in [0.5, 0.6) is 0 Å². The highest BCUT2D eigenvalue weighted by atomic mass is 16.7. The standard InChI is InChI=1S/C50H83NO8/c1-6-8-10-12-14-16-18-20-21-22-23-24-25-26-27-29-31-33-35-37-39-41-48(53)59-46(45-58-50(49(54)55)56-43-42-51(3,4)5)44-57-47(52)40-38-36-34-32-30-28-19-17-15-13-11-9-7-2/h8,10-11,13-14,16-17,19-21,23-24,26-27,46,50H,6-7,9,12,15,18,22,25,28-45H2,1-5H3/p+1/b10-8-,13-11-,16-14-,19-17-,21-20-,24-23-,27-26-. The Morgan fingerprint density at radius 3 is 1.44 bits per heavy atom. The lowest BCUT2D eigenvalue weighted by Crippen LogP contribution is -2.40. The number of esters is 2. The third-order valence-electron chi connectivity index (χ3n) is 9.12. The zero-order valence-corrected chi connectivity index (χ0v) is 37.9. The lowest BCUT2D eigenvalue weighted by atomic mass is 10.1. The summed E-state index contributed by atoms with van der Waals surface area (Å²) in [5.41, 5.74) is 0. The van der Waals surface area contributed by atoms with Crippen LogP contribution in [-0.2, 0) is 33.3 Å². The third-order valence-corrected chi connectivity index (χ3v) is 9.12. The molecule has 0 heterocycles. The van der Waals surface area contributed by atoms with Crippen molar-refractivity contribution in [2.45, 2.75) is 167 Å². The highest BCUT2D eigenvalue weighted by molar-refractivity contribution is 5.71. The van der Waals surface area contributed by atoms with Crippen LogP contribution in [0.15, 0.2) is 85.1 Å². The lowest BCUT2D eigenvalue weighted by molar-refractivity contribution is -0.870. The molecular weight excluding hydrogens is 743 g/mol. The van der Waals surface area contributed by atoms with E-state index in [9.17, 15) is 19.5 Å². The quantitative estimate of drug-likeness (QED) is 0.0214. The summed E-state index contributed by atoms with van der Waals surface area (Å²) in [6, 6.07) is 0. The van der Waals surface area contributed by atoms with Crippen LogP contribution in [0.4, 0.5) is 0 Å². The zero-order chi connectivity index (χ0) is 43.5. The summed E-state index contributed by atoms with van der Waals surface area (Å²) in [6.07, 6.45) is 49.2. The van der Waals surface area contributed by atoms with Gasteiger partial charge in [-0.2, -0.15) is 0 Å². The van der Waals surface area contributed by atoms with Gasteiger partial charge in [0.05, 0.1) is 34.4 Å². The summed E-state index contributed by atoms with van der Waals surface area (Å²) in [5, 5.41) is 9.64. The van der Waals surface area contributed by atoms with Crippen LogP contribution in [0.2, 0.25) is 0 Å². The Morgan fingerprint density at radius 2 is 0.966 bits per heavy atom. The molecule has 2 unspecified atom stereocenters. The smallest absolute Gasteiger partial charge is 0.361 e. The van der Waals surface area contributed by atoms with Gasteiger partial charge >= 0.3 is 17.9 Å². The first-order valence-electron chi connectivity index (χ1n) is 22.8. The molecule has 0 radical (unpaired) electrons. The molecule has 59 heavy (non-hydrogen) atoms. The number of hydrogen-bond acceptors (Lipinski definition) is 7. The largest absolute Gasteiger partial charge is 0.477 e. The molecule has 0 amide bonds. The van der Waals surface area contributed by atoms with Gasteiger partial charge in [0.15, 0.2) is 6.10 Å². The van der Waals surface area contributed by atoms with Gasteiger partial charge in [-0.3, -0.25) is 9.59 Å². The van der Waals surface area contributed by atoms with Crippen molar-refractivity contribution < 1.29 is 42.9 Å². The molecule has 0 aromatic heterocycles. The highest BCUT2D eigenvalue weighted by Crippen LogP contribution is 2.12. The number of nitrogens with zero attached hydrogens (tertiary/aromatic N) is 1. The first-order chi connectivity index (χ1) is 28.6. The number of allylic oxidation sites excluding steroid dienone is 14. The normalized spacial score (nSPS) is 13.7. The third kappa shape index (κ3) is 42.4. The molecule has 0 aromatic rings. The van der Waals surface area contributed by atoms with Gasteiger partial charge in [-0.15, -0.1) is 0 Å². The van der Waals surface area contributed by atoms with E-state index < -0.39 is 24.3 Å². The molecule has 9 nitrogen and oxygen atoms in total. The fourth-order valence-corrected chi connectivity index (χ4v) is 5.60. The van der Waals surface area contributed by atoms with Gasteiger partial charge in [0.2, 0.25) is 0 Å². The van der Waals surface area contributed by atoms with Gasteiger partial charge in [-0.05, 0) is 83.5 Å². The maximum Gasteiger partial charge on any atom is 0.361 e. The Labute approximate surface area is 359 Å². The minimum absolute atomic E-state index is 0.176. The van der Waals surface area contributed by atoms with Crippen LogP contribution in [0.3, 0.4) is 0 Å². The number of hydrogen-bond donors (Lipinski definition) is 1. The maximum atomic E-state index is 12.8. The summed E-state index contributed by atoms with van der Waals surface area (Å²) in [4.78, 5) is 37.1. The van der Waals surface area contributed by atoms with Gasteiger partial charge in [0.25, 0.3) is 6.29 Å². The summed E-state index contributed by atoms with van der Waals surface area (Å²) >= 11 is 0. The van der Waals surface area contributed by atoms with Crippen LogP contribution < -0.4 is 0 Å². The molecule has 0 fully saturated rings. The van der Waals surface area contributed by atoms with Gasteiger partial charge < -0.3 is 28.5 Å². The molecule has 0 aliphatic heterocycles. The molecule has 9 heteroatoms. The average molecular weight is 827 g/mol. The number of rotatable bonds is 40. The van der Waals surface area contributed by atoms with Crippen molar-refractivity contribution in [2.24, 2.45) is 0 Å². The molecule has 2 atom stereocenters. The Morgan fingerprint density at radius 1 is 0.525 bits per heavy atom. The molecule has 0 rings (SSSR count). The van der Waals surface area contributed by atoms with Crippen LogP contribution in [-0.4, -0.2) is 87.4 Å². The van der Waals surface area contributed by atoms with Gasteiger partial charge in [0.1, 0.15) is 13.2 Å². The first-order valence-corrected chi connectivity index (χ1v) is 22.8. The Kier molecular flexibility index (Phi) is 38.7. The lowest BCUT2D eigenvalue weighted by Gasteiger charge is -2.25. The van der Waals surface area contributed by atoms with Gasteiger partial charge in [0, 0.05) is 12.8 Å². The number of carbonyl (C=O) groups is 3. The van der Waals surface area contributed by atoms with E-state index in [4.69, 9.17) is 18.9 Å². The van der Waals surface area contributed by atoms with Crippen LogP contribution in [0.25, 0.3) is 0 Å². The Bertz CT molecular complexity index is 1240. The molecule has 0 aliphatic rings. The Hall–Kier alpha value is -3.53. The predicted molar refractivity (Wildman–Crippen MR) is 244 cm³/mol. The first kappa shape index (κ1) is 55.5. The number of carboxylic acids is 1. The molecule has 0 saturated carbocycles. The molecule has 0 aromatic carbocycles. The minimum atomic E-state index is -1.52. The van der Waals surface area contributed by atoms with E-state index in [1.807, 2.05) is 21.1 Å². The van der Waals surface area contributed by atoms with E-state index in [0.29, 0.717) is 17.4 Å². The second-order valence-electron chi connectivity index (χ2n) is 16.0. The molecule has 0 bridgehead atoms. The molecule has 0 aliphatic carbocycles. The monoisotopic (exact) mass is 827 g/mol. The second-order valence-corrected chi connectivity index (χ2v) is 16.0. The van der Waals surface area contributed by atoms with Crippen molar-refractivity contribution in [3.8, 4) is 0 Å². The van der Waals surface area contributed by atoms with E-state index in [0.717, 1.165) is 116 Å². The summed E-state index contributed by atoms with van der Waals surface area (Å²) in [5.74, 6) is -2.07. The highest BCUT2D eigenvalue weighted by Gasteiger charge is 2.25. The van der Waals surface area contributed by atoms with E-state index in [1.54, 1.807) is 0 Å². The van der Waals surface area contributed by atoms with Crippen molar-refractivity contribution in [2.75, 3.05) is 47.5 Å². The number of aliphatic carboxylic acids is 1. The number of quaternary nitrogens is 1. The second kappa shape index (κ2) is 41.2. The number of likely N-dealkylation sites (N-methyl/N-ethyl adjacent to an activating group) is 1. The van der Waals surface area contributed by atoms with Gasteiger partial charge in [-0.1, -0.05) is 144 Å². The van der Waals surface area contributed by atoms with Crippen molar-refractivity contribution in [1.82, 2.24) is 0 Å². The number of ether oxygens (including phenoxy) is 4. The summed E-state index contributed by atoms with van der Waals surface area (Å²) < 4.78 is 22.7. The van der Waals surface area contributed by atoms with Crippen LogP contribution in [0, 0.1) is 0 Å². The maximum absolute atomic E-state index is 12.8. The number of carbonyl (C=O) groups excluding carboxylic acids is 2. The van der Waals surface area contributed by atoms with E-state index in [1.165, 1.54) is 6.42 Å². The van der Waals surface area contributed by atoms with Gasteiger partial charge in [-0.25, -0.2) is 4.79 Å². The van der Waals surface area contributed by atoms with Crippen molar-refractivity contribution in [1.29, 1.82) is 0 Å². The molecule has 1 N–H and O–H groups in total. The summed E-state index contributed by atoms with van der Waals surface area (Å²) in [7, 11) is 5.93. The van der Waals surface area contributed by atoms with E-state index in [2.05, 4.69) is 98.9 Å². The number of unbranched alkanes of at least 4 members (excludes halogenated alkanes) is 11. The average Bonchev–Trinajstić information content (AvgIpc) is 3.19.